The van der Waals surface area contributed by atoms with Gasteiger partial charge in [-0.05, 0) is 49.4 Å². The van der Waals surface area contributed by atoms with Crippen LogP contribution in [0.3, 0.4) is 0 Å². The first-order valence-electron chi connectivity index (χ1n) is 5.71. The van der Waals surface area contributed by atoms with Crippen LogP contribution in [0, 0.1) is 0 Å². The number of fused-ring (bicyclic) bond motifs is 1. The fourth-order valence-electron chi connectivity index (χ4n) is 2.14. The van der Waals surface area contributed by atoms with Crippen molar-refractivity contribution in [3.63, 3.8) is 0 Å². The number of benzene rings is 1. The molecule has 1 aliphatic rings. The molecule has 1 aromatic rings. The van der Waals surface area contributed by atoms with Crippen LogP contribution >= 0.6 is 0 Å². The monoisotopic (exact) mass is 205 g/mol. The van der Waals surface area contributed by atoms with Gasteiger partial charge in [-0.15, -0.1) is 0 Å². The van der Waals surface area contributed by atoms with Gasteiger partial charge in [0.15, 0.2) is 0 Å². The molecule has 0 amide bonds. The van der Waals surface area contributed by atoms with E-state index < -0.39 is 0 Å². The summed E-state index contributed by atoms with van der Waals surface area (Å²) in [6.45, 7) is 3.19. The third-order valence-corrected chi connectivity index (χ3v) is 3.31. The topological polar surface area (TPSA) is 23.5 Å². The maximum absolute atomic E-state index is 9.57. The molecule has 0 aromatic heterocycles. The first kappa shape index (κ1) is 10.5. The average Bonchev–Trinajstić information content (AvgIpc) is 2.27. The Balaban J connectivity index is 2.26. The maximum atomic E-state index is 9.57. The predicted octanol–water partition coefficient (Wildman–Crippen LogP) is 1.99. The summed E-state index contributed by atoms with van der Waals surface area (Å²) in [5.74, 6) is 0. The van der Waals surface area contributed by atoms with Crippen LogP contribution in [-0.2, 0) is 12.8 Å². The highest BCUT2D eigenvalue weighted by Crippen LogP contribution is 2.25. The molecule has 1 unspecified atom stereocenters. The zero-order valence-electron chi connectivity index (χ0n) is 9.53. The van der Waals surface area contributed by atoms with Gasteiger partial charge in [0.2, 0.25) is 0 Å². The molecule has 0 saturated heterocycles. The standard InChI is InChI=1S/C13H19NO/c1-3-14(2)12-6-4-11-9-13(15)7-5-10(11)8-12/h4,6,8,13,15H,3,5,7,9H2,1-2H3. The van der Waals surface area contributed by atoms with Gasteiger partial charge in [0, 0.05) is 19.3 Å². The smallest absolute Gasteiger partial charge is 0.0583 e. The highest BCUT2D eigenvalue weighted by molar-refractivity contribution is 5.51. The largest absolute Gasteiger partial charge is 0.393 e. The van der Waals surface area contributed by atoms with Crippen LogP contribution in [0.1, 0.15) is 24.5 Å². The molecule has 15 heavy (non-hydrogen) atoms. The summed E-state index contributed by atoms with van der Waals surface area (Å²) in [6.07, 6.45) is 2.62. The number of hydrogen-bond acceptors (Lipinski definition) is 2. The van der Waals surface area contributed by atoms with Crippen molar-refractivity contribution in [2.75, 3.05) is 18.5 Å². The highest BCUT2D eigenvalue weighted by Gasteiger charge is 2.16. The van der Waals surface area contributed by atoms with Gasteiger partial charge in [0.25, 0.3) is 0 Å². The second-order valence-electron chi connectivity index (χ2n) is 4.36. The molecule has 0 bridgehead atoms. The van der Waals surface area contributed by atoms with E-state index in [1.165, 1.54) is 16.8 Å². The fraction of sp³-hybridized carbons (Fsp3) is 0.538. The van der Waals surface area contributed by atoms with Crippen molar-refractivity contribution in [1.82, 2.24) is 0 Å². The number of rotatable bonds is 2. The quantitative estimate of drug-likeness (QED) is 0.798. The van der Waals surface area contributed by atoms with Crippen LogP contribution in [0.2, 0.25) is 0 Å². The van der Waals surface area contributed by atoms with Crippen LogP contribution < -0.4 is 4.90 Å². The van der Waals surface area contributed by atoms with Crippen molar-refractivity contribution in [1.29, 1.82) is 0 Å². The Morgan fingerprint density at radius 1 is 1.40 bits per heavy atom. The molecule has 0 saturated carbocycles. The first-order chi connectivity index (χ1) is 7.20. The van der Waals surface area contributed by atoms with E-state index in [0.29, 0.717) is 0 Å². The molecular weight excluding hydrogens is 186 g/mol. The number of aliphatic hydroxyl groups is 1. The van der Waals surface area contributed by atoms with Gasteiger partial charge in [-0.3, -0.25) is 0 Å². The van der Waals surface area contributed by atoms with Crippen molar-refractivity contribution < 1.29 is 5.11 Å². The van der Waals surface area contributed by atoms with Crippen molar-refractivity contribution in [3.8, 4) is 0 Å². The van der Waals surface area contributed by atoms with Crippen molar-refractivity contribution >= 4 is 5.69 Å². The number of nitrogens with zero attached hydrogens (tertiary/aromatic N) is 1. The van der Waals surface area contributed by atoms with Crippen molar-refractivity contribution in [3.05, 3.63) is 29.3 Å². The molecule has 1 aromatic carbocycles. The molecule has 2 nitrogen and oxygen atoms in total. The zero-order chi connectivity index (χ0) is 10.8. The van der Waals surface area contributed by atoms with Crippen LogP contribution in [-0.4, -0.2) is 24.8 Å². The SMILES string of the molecule is CCN(C)c1ccc2c(c1)CCC(O)C2. The van der Waals surface area contributed by atoms with Crippen LogP contribution in [0.4, 0.5) is 5.69 Å². The Hall–Kier alpha value is -1.02. The predicted molar refractivity (Wildman–Crippen MR) is 63.4 cm³/mol. The molecule has 1 N–H and O–H groups in total. The van der Waals surface area contributed by atoms with Gasteiger partial charge in [-0.25, -0.2) is 0 Å². The molecule has 0 fully saturated rings. The van der Waals surface area contributed by atoms with E-state index in [1.54, 1.807) is 0 Å². The normalized spacial score (nSPS) is 19.8. The summed E-state index contributed by atoms with van der Waals surface area (Å²) in [5, 5.41) is 9.57. The minimum Gasteiger partial charge on any atom is -0.393 e. The molecule has 2 rings (SSSR count). The van der Waals surface area contributed by atoms with E-state index in [-0.39, 0.29) is 6.10 Å². The Bertz CT molecular complexity index is 348. The number of anilines is 1. The second-order valence-corrected chi connectivity index (χ2v) is 4.36. The molecule has 82 valence electrons. The van der Waals surface area contributed by atoms with Crippen LogP contribution in [0.25, 0.3) is 0 Å². The summed E-state index contributed by atoms with van der Waals surface area (Å²) < 4.78 is 0. The fourth-order valence-corrected chi connectivity index (χ4v) is 2.14. The summed E-state index contributed by atoms with van der Waals surface area (Å²) in [7, 11) is 2.11. The molecule has 2 heteroatoms. The summed E-state index contributed by atoms with van der Waals surface area (Å²) in [5.41, 5.74) is 4.02. The molecule has 0 aliphatic heterocycles. The van der Waals surface area contributed by atoms with Crippen LogP contribution in [0.15, 0.2) is 18.2 Å². The Labute approximate surface area is 91.5 Å². The Kier molecular flexibility index (Phi) is 2.96. The third kappa shape index (κ3) is 2.15. The lowest BCUT2D eigenvalue weighted by molar-refractivity contribution is 0.158. The number of aliphatic hydroxyl groups excluding tert-OH is 1. The Morgan fingerprint density at radius 3 is 2.93 bits per heavy atom. The number of hydrogen-bond donors (Lipinski definition) is 1. The van der Waals surface area contributed by atoms with Gasteiger partial charge in [-0.1, -0.05) is 6.07 Å². The second kappa shape index (κ2) is 4.23. The summed E-state index contributed by atoms with van der Waals surface area (Å²) in [4.78, 5) is 2.24. The maximum Gasteiger partial charge on any atom is 0.0583 e. The molecule has 0 spiro atoms. The van der Waals surface area contributed by atoms with E-state index >= 15 is 0 Å². The minimum atomic E-state index is -0.132. The van der Waals surface area contributed by atoms with Gasteiger partial charge in [0.05, 0.1) is 6.10 Å². The van der Waals surface area contributed by atoms with Crippen molar-refractivity contribution in [2.24, 2.45) is 0 Å². The van der Waals surface area contributed by atoms with Gasteiger partial charge in [-0.2, -0.15) is 0 Å². The lowest BCUT2D eigenvalue weighted by atomic mass is 9.89. The van der Waals surface area contributed by atoms with Crippen LogP contribution in [0.5, 0.6) is 0 Å². The number of aryl methyl sites for hydroxylation is 1. The van der Waals surface area contributed by atoms with Gasteiger partial charge >= 0.3 is 0 Å². The average molecular weight is 205 g/mol. The van der Waals surface area contributed by atoms with Gasteiger partial charge < -0.3 is 10.0 Å². The van der Waals surface area contributed by atoms with Gasteiger partial charge in [0.1, 0.15) is 0 Å². The molecule has 0 heterocycles. The lowest BCUT2D eigenvalue weighted by Crippen LogP contribution is -2.20. The molecule has 1 atom stereocenters. The molecule has 1 aliphatic carbocycles. The molecular formula is C13H19NO. The third-order valence-electron chi connectivity index (χ3n) is 3.31. The lowest BCUT2D eigenvalue weighted by Gasteiger charge is -2.24. The minimum absolute atomic E-state index is 0.132. The molecule has 0 radical (unpaired) electrons. The Morgan fingerprint density at radius 2 is 2.20 bits per heavy atom. The van der Waals surface area contributed by atoms with E-state index in [4.69, 9.17) is 0 Å². The van der Waals surface area contributed by atoms with E-state index in [0.717, 1.165) is 25.8 Å². The van der Waals surface area contributed by atoms with E-state index in [9.17, 15) is 5.11 Å². The summed E-state index contributed by atoms with van der Waals surface area (Å²) >= 11 is 0. The van der Waals surface area contributed by atoms with E-state index in [1.807, 2.05) is 0 Å². The first-order valence-corrected chi connectivity index (χ1v) is 5.71. The van der Waals surface area contributed by atoms with E-state index in [2.05, 4.69) is 37.1 Å². The highest BCUT2D eigenvalue weighted by atomic mass is 16.3. The summed E-state index contributed by atoms with van der Waals surface area (Å²) in [6, 6.07) is 6.59. The van der Waals surface area contributed by atoms with Crippen molar-refractivity contribution in [2.45, 2.75) is 32.3 Å². The zero-order valence-corrected chi connectivity index (χ0v) is 9.53.